The molecule has 0 bridgehead atoms. The van der Waals surface area contributed by atoms with Gasteiger partial charge in [-0.1, -0.05) is 26.0 Å². The monoisotopic (exact) mass is 306 g/mol. The van der Waals surface area contributed by atoms with E-state index in [4.69, 9.17) is 9.47 Å². The zero-order chi connectivity index (χ0) is 15.9. The van der Waals surface area contributed by atoms with Crippen LogP contribution in [0.25, 0.3) is 0 Å². The standard InChI is InChI=1S/C19H31NO2/c1-15(2)18-7-9-19(10-8-18)21-12-6-5-11-20-13-16(3)22-17(4)14-20/h7-10,15-17H,5-6,11-14H2,1-4H3/p+1/t16-,17-/m0/s1. The third kappa shape index (κ3) is 5.62. The van der Waals surface area contributed by atoms with Gasteiger partial charge >= 0.3 is 0 Å². The summed E-state index contributed by atoms with van der Waals surface area (Å²) in [6.07, 6.45) is 3.14. The molecule has 1 aromatic carbocycles. The van der Waals surface area contributed by atoms with Crippen molar-refractivity contribution in [3.63, 3.8) is 0 Å². The van der Waals surface area contributed by atoms with Crippen molar-refractivity contribution in [1.29, 1.82) is 0 Å². The largest absolute Gasteiger partial charge is 0.494 e. The van der Waals surface area contributed by atoms with E-state index in [1.165, 1.54) is 18.5 Å². The molecule has 124 valence electrons. The summed E-state index contributed by atoms with van der Waals surface area (Å²) in [5.74, 6) is 1.57. The highest BCUT2D eigenvalue weighted by Crippen LogP contribution is 2.18. The maximum atomic E-state index is 5.84. The molecule has 1 saturated heterocycles. The van der Waals surface area contributed by atoms with Crippen molar-refractivity contribution in [2.75, 3.05) is 26.2 Å². The minimum atomic E-state index is 0.398. The molecule has 0 unspecified atom stereocenters. The fourth-order valence-corrected chi connectivity index (χ4v) is 3.21. The van der Waals surface area contributed by atoms with Crippen molar-refractivity contribution in [2.24, 2.45) is 0 Å². The summed E-state index contributed by atoms with van der Waals surface area (Å²) in [7, 11) is 0. The van der Waals surface area contributed by atoms with Gasteiger partial charge in [-0.3, -0.25) is 0 Å². The summed E-state index contributed by atoms with van der Waals surface area (Å²) < 4.78 is 11.6. The number of hydrogen-bond acceptors (Lipinski definition) is 2. The zero-order valence-corrected chi connectivity index (χ0v) is 14.6. The molecule has 1 N–H and O–H groups in total. The number of ether oxygens (including phenoxy) is 2. The Morgan fingerprint density at radius 3 is 2.32 bits per heavy atom. The number of quaternary nitrogens is 1. The minimum Gasteiger partial charge on any atom is -0.494 e. The molecule has 1 fully saturated rings. The van der Waals surface area contributed by atoms with Crippen LogP contribution in [0.4, 0.5) is 0 Å². The summed E-state index contributed by atoms with van der Waals surface area (Å²) in [5, 5.41) is 0. The van der Waals surface area contributed by atoms with Crippen LogP contribution in [0.2, 0.25) is 0 Å². The van der Waals surface area contributed by atoms with Gasteiger partial charge in [-0.2, -0.15) is 0 Å². The van der Waals surface area contributed by atoms with Crippen LogP contribution in [-0.4, -0.2) is 38.4 Å². The lowest BCUT2D eigenvalue weighted by atomic mass is 10.0. The Kier molecular flexibility index (Phi) is 6.71. The first kappa shape index (κ1) is 17.3. The normalized spacial score (nSPS) is 25.4. The van der Waals surface area contributed by atoms with Crippen molar-refractivity contribution < 1.29 is 14.4 Å². The summed E-state index contributed by atoms with van der Waals surface area (Å²) >= 11 is 0. The number of benzene rings is 1. The number of unbranched alkanes of at least 4 members (excludes halogenated alkanes) is 1. The fourth-order valence-electron chi connectivity index (χ4n) is 3.21. The molecule has 2 atom stereocenters. The molecule has 1 aliphatic rings. The van der Waals surface area contributed by atoms with Gasteiger partial charge in [-0.05, 0) is 50.3 Å². The van der Waals surface area contributed by atoms with E-state index in [2.05, 4.69) is 52.0 Å². The Labute approximate surface area is 135 Å². The van der Waals surface area contributed by atoms with E-state index >= 15 is 0 Å². The highest BCUT2D eigenvalue weighted by atomic mass is 16.5. The van der Waals surface area contributed by atoms with Crippen molar-refractivity contribution >= 4 is 0 Å². The van der Waals surface area contributed by atoms with Gasteiger partial charge < -0.3 is 14.4 Å². The maximum absolute atomic E-state index is 5.84. The summed E-state index contributed by atoms with van der Waals surface area (Å²) in [6, 6.07) is 8.51. The Balaban J connectivity index is 1.61. The Morgan fingerprint density at radius 2 is 1.73 bits per heavy atom. The molecule has 0 aromatic heterocycles. The van der Waals surface area contributed by atoms with E-state index in [1.54, 1.807) is 4.90 Å². The molecule has 0 amide bonds. The lowest BCUT2D eigenvalue weighted by Gasteiger charge is -2.32. The number of hydrogen-bond donors (Lipinski definition) is 1. The van der Waals surface area contributed by atoms with E-state index in [-0.39, 0.29) is 0 Å². The van der Waals surface area contributed by atoms with Gasteiger partial charge in [0.15, 0.2) is 0 Å². The summed E-state index contributed by atoms with van der Waals surface area (Å²) in [4.78, 5) is 1.67. The van der Waals surface area contributed by atoms with E-state index in [1.807, 2.05) is 0 Å². The molecule has 0 saturated carbocycles. The highest BCUT2D eigenvalue weighted by Gasteiger charge is 2.24. The molecule has 0 aliphatic carbocycles. The average molecular weight is 306 g/mol. The van der Waals surface area contributed by atoms with E-state index < -0.39 is 0 Å². The van der Waals surface area contributed by atoms with Crippen LogP contribution in [0.3, 0.4) is 0 Å². The maximum Gasteiger partial charge on any atom is 0.119 e. The van der Waals surface area contributed by atoms with Crippen molar-refractivity contribution in [2.45, 2.75) is 58.7 Å². The molecular weight excluding hydrogens is 274 g/mol. The van der Waals surface area contributed by atoms with Crippen LogP contribution in [-0.2, 0) is 4.74 Å². The van der Waals surface area contributed by atoms with Crippen LogP contribution in [0, 0.1) is 0 Å². The number of morpholine rings is 1. The lowest BCUT2D eigenvalue weighted by Crippen LogP contribution is -3.15. The van der Waals surface area contributed by atoms with Gasteiger partial charge in [0.25, 0.3) is 0 Å². The van der Waals surface area contributed by atoms with Crippen LogP contribution in [0.15, 0.2) is 24.3 Å². The number of rotatable bonds is 7. The van der Waals surface area contributed by atoms with Crippen molar-refractivity contribution in [1.82, 2.24) is 0 Å². The molecule has 1 aromatic rings. The van der Waals surface area contributed by atoms with Gasteiger partial charge in [0.2, 0.25) is 0 Å². The molecule has 0 spiro atoms. The van der Waals surface area contributed by atoms with Gasteiger partial charge in [-0.25, -0.2) is 0 Å². The first-order chi connectivity index (χ1) is 10.5. The van der Waals surface area contributed by atoms with E-state index in [9.17, 15) is 0 Å². The molecule has 0 radical (unpaired) electrons. The third-order valence-electron chi connectivity index (χ3n) is 4.36. The predicted molar refractivity (Wildman–Crippen MR) is 90.8 cm³/mol. The van der Waals surface area contributed by atoms with Gasteiger partial charge in [0, 0.05) is 0 Å². The second-order valence-electron chi connectivity index (χ2n) is 6.94. The molecule has 3 heteroatoms. The van der Waals surface area contributed by atoms with Crippen LogP contribution in [0.5, 0.6) is 5.75 Å². The Hall–Kier alpha value is -1.06. The second kappa shape index (κ2) is 8.54. The van der Waals surface area contributed by atoms with Crippen molar-refractivity contribution in [3.05, 3.63) is 29.8 Å². The SMILES string of the molecule is CC(C)c1ccc(OCCCC[NH+]2C[C@H](C)O[C@@H](C)C2)cc1. The summed E-state index contributed by atoms with van der Waals surface area (Å²) in [6.45, 7) is 13.1. The average Bonchev–Trinajstić information content (AvgIpc) is 2.46. The third-order valence-corrected chi connectivity index (χ3v) is 4.36. The van der Waals surface area contributed by atoms with Crippen LogP contribution in [0.1, 0.15) is 52.0 Å². The predicted octanol–water partition coefficient (Wildman–Crippen LogP) is 2.66. The fraction of sp³-hybridized carbons (Fsp3) is 0.684. The molecule has 22 heavy (non-hydrogen) atoms. The quantitative estimate of drug-likeness (QED) is 0.783. The lowest BCUT2D eigenvalue weighted by molar-refractivity contribution is -0.915. The molecular formula is C19H32NO2+. The zero-order valence-electron chi connectivity index (χ0n) is 14.6. The van der Waals surface area contributed by atoms with E-state index in [0.717, 1.165) is 31.9 Å². The van der Waals surface area contributed by atoms with Gasteiger partial charge in [0.1, 0.15) is 31.0 Å². The van der Waals surface area contributed by atoms with Gasteiger partial charge in [0.05, 0.1) is 13.2 Å². The van der Waals surface area contributed by atoms with Crippen molar-refractivity contribution in [3.8, 4) is 5.75 Å². The smallest absolute Gasteiger partial charge is 0.119 e. The molecule has 2 rings (SSSR count). The molecule has 1 heterocycles. The second-order valence-corrected chi connectivity index (χ2v) is 6.94. The summed E-state index contributed by atoms with van der Waals surface area (Å²) in [5.41, 5.74) is 1.37. The number of nitrogens with one attached hydrogen (secondary N) is 1. The topological polar surface area (TPSA) is 22.9 Å². The van der Waals surface area contributed by atoms with Gasteiger partial charge in [-0.15, -0.1) is 0 Å². The Morgan fingerprint density at radius 1 is 1.09 bits per heavy atom. The minimum absolute atomic E-state index is 0.398. The van der Waals surface area contributed by atoms with Crippen LogP contribution < -0.4 is 9.64 Å². The molecule has 3 nitrogen and oxygen atoms in total. The first-order valence-corrected chi connectivity index (χ1v) is 8.76. The Bertz CT molecular complexity index is 420. The van der Waals surface area contributed by atoms with Crippen LogP contribution >= 0.6 is 0 Å². The molecule has 1 aliphatic heterocycles. The highest BCUT2D eigenvalue weighted by molar-refractivity contribution is 5.28. The van der Waals surface area contributed by atoms with E-state index in [0.29, 0.717) is 18.1 Å². The first-order valence-electron chi connectivity index (χ1n) is 8.76.